The van der Waals surface area contributed by atoms with Crippen LogP contribution < -0.4 is 15.4 Å². The van der Waals surface area contributed by atoms with E-state index < -0.39 is 0 Å². The molecule has 1 aliphatic heterocycles. The van der Waals surface area contributed by atoms with Crippen molar-refractivity contribution < 1.29 is 4.74 Å². The minimum Gasteiger partial charge on any atom is -0.475 e. The lowest BCUT2D eigenvalue weighted by molar-refractivity contribution is 0.231. The fourth-order valence-corrected chi connectivity index (χ4v) is 1.75. The lowest BCUT2D eigenvalue weighted by Crippen LogP contribution is -2.51. The second-order valence-corrected chi connectivity index (χ2v) is 6.33. The molecule has 0 atom stereocenters. The van der Waals surface area contributed by atoms with E-state index >= 15 is 0 Å². The van der Waals surface area contributed by atoms with Gasteiger partial charge in [-0.3, -0.25) is 0 Å². The maximum Gasteiger partial charge on any atom is 0.226 e. The van der Waals surface area contributed by atoms with Gasteiger partial charge >= 0.3 is 0 Å². The average Bonchev–Trinajstić information content (AvgIpc) is 2.21. The summed E-state index contributed by atoms with van der Waals surface area (Å²) in [5.41, 5.74) is 0.972. The van der Waals surface area contributed by atoms with Crippen molar-refractivity contribution in [3.63, 3.8) is 0 Å². The summed E-state index contributed by atoms with van der Waals surface area (Å²) in [7, 11) is 0. The van der Waals surface area contributed by atoms with Crippen LogP contribution in [0.2, 0.25) is 0 Å². The number of aromatic nitrogens is 2. The van der Waals surface area contributed by atoms with Crippen molar-refractivity contribution in [3.05, 3.63) is 11.8 Å². The van der Waals surface area contributed by atoms with Gasteiger partial charge < -0.3 is 15.4 Å². The predicted molar refractivity (Wildman–Crippen MR) is 76.8 cm³/mol. The van der Waals surface area contributed by atoms with Gasteiger partial charge in [-0.25, -0.2) is 4.98 Å². The fraction of sp³-hybridized carbons (Fsp3) is 0.714. The molecule has 0 unspecified atom stereocenters. The molecule has 0 saturated carbocycles. The Bertz CT molecular complexity index is 436. The highest BCUT2D eigenvalue weighted by Gasteiger charge is 2.22. The van der Waals surface area contributed by atoms with Gasteiger partial charge in [0.15, 0.2) is 0 Å². The summed E-state index contributed by atoms with van der Waals surface area (Å²) in [6.45, 7) is 12.4. The van der Waals surface area contributed by atoms with E-state index in [1.54, 1.807) is 0 Å². The number of nitrogens with one attached hydrogen (secondary N) is 2. The third kappa shape index (κ3) is 3.80. The first kappa shape index (κ1) is 14.1. The Morgan fingerprint density at radius 3 is 2.47 bits per heavy atom. The summed E-state index contributed by atoms with van der Waals surface area (Å²) in [4.78, 5) is 9.04. The molecule has 0 bridgehead atoms. The predicted octanol–water partition coefficient (Wildman–Crippen LogP) is 1.94. The number of hydrogen-bond acceptors (Lipinski definition) is 5. The van der Waals surface area contributed by atoms with Gasteiger partial charge in [-0.05, 0) is 13.8 Å². The maximum absolute atomic E-state index is 5.72. The molecule has 1 aliphatic rings. The molecule has 1 aromatic heterocycles. The van der Waals surface area contributed by atoms with Crippen LogP contribution >= 0.6 is 0 Å². The molecule has 2 N–H and O–H groups in total. The number of ether oxygens (including phenoxy) is 1. The maximum atomic E-state index is 5.72. The van der Waals surface area contributed by atoms with Gasteiger partial charge in [0, 0.05) is 24.6 Å². The van der Waals surface area contributed by atoms with Gasteiger partial charge in [-0.15, -0.1) is 0 Å². The van der Waals surface area contributed by atoms with Gasteiger partial charge in [0.25, 0.3) is 0 Å². The first-order valence-electron chi connectivity index (χ1n) is 6.88. The molecule has 1 saturated heterocycles. The van der Waals surface area contributed by atoms with Crippen molar-refractivity contribution in [2.75, 3.05) is 18.4 Å². The lowest BCUT2D eigenvalue weighted by atomic mass is 9.92. The zero-order chi connectivity index (χ0) is 14.0. The molecule has 0 spiro atoms. The van der Waals surface area contributed by atoms with Gasteiger partial charge in [0.1, 0.15) is 0 Å². The standard InChI is InChI=1S/C14H24N4O/c1-9(2)19-12-6-11(14(3,4)5)17-13(18-12)16-10-7-15-8-10/h6,9-10,15H,7-8H2,1-5H3,(H,16,17,18). The fourth-order valence-electron chi connectivity index (χ4n) is 1.75. The second-order valence-electron chi connectivity index (χ2n) is 6.33. The third-order valence-corrected chi connectivity index (χ3v) is 2.94. The van der Waals surface area contributed by atoms with Crippen LogP contribution in [0.25, 0.3) is 0 Å². The third-order valence-electron chi connectivity index (χ3n) is 2.94. The molecular weight excluding hydrogens is 240 g/mol. The first-order valence-corrected chi connectivity index (χ1v) is 6.88. The van der Waals surface area contributed by atoms with Gasteiger partial charge in [0.2, 0.25) is 11.8 Å². The van der Waals surface area contributed by atoms with Gasteiger partial charge in [-0.1, -0.05) is 20.8 Å². The van der Waals surface area contributed by atoms with Crippen LogP contribution in [0.15, 0.2) is 6.07 Å². The van der Waals surface area contributed by atoms with E-state index in [-0.39, 0.29) is 11.5 Å². The van der Waals surface area contributed by atoms with E-state index in [4.69, 9.17) is 4.74 Å². The average molecular weight is 264 g/mol. The molecule has 2 heterocycles. The molecule has 0 aromatic carbocycles. The number of hydrogen-bond donors (Lipinski definition) is 2. The molecular formula is C14H24N4O. The molecule has 1 aromatic rings. The molecule has 0 radical (unpaired) electrons. The lowest BCUT2D eigenvalue weighted by Gasteiger charge is -2.28. The number of anilines is 1. The molecule has 1 fully saturated rings. The summed E-state index contributed by atoms with van der Waals surface area (Å²) in [6, 6.07) is 2.35. The van der Waals surface area contributed by atoms with Gasteiger partial charge in [0.05, 0.1) is 17.8 Å². The molecule has 2 rings (SSSR count). The Balaban J connectivity index is 2.24. The smallest absolute Gasteiger partial charge is 0.226 e. The number of rotatable bonds is 4. The molecule has 19 heavy (non-hydrogen) atoms. The monoisotopic (exact) mass is 264 g/mol. The first-order chi connectivity index (χ1) is 8.84. The summed E-state index contributed by atoms with van der Waals surface area (Å²) < 4.78 is 5.72. The minimum atomic E-state index is -0.0215. The van der Waals surface area contributed by atoms with E-state index in [1.807, 2.05) is 19.9 Å². The van der Waals surface area contributed by atoms with E-state index in [2.05, 4.69) is 41.4 Å². The minimum absolute atomic E-state index is 0.0215. The summed E-state index contributed by atoms with van der Waals surface area (Å²) in [6.07, 6.45) is 0.112. The van der Waals surface area contributed by atoms with Crippen LogP contribution in [0.5, 0.6) is 5.88 Å². The van der Waals surface area contributed by atoms with Crippen LogP contribution in [0.4, 0.5) is 5.95 Å². The quantitative estimate of drug-likeness (QED) is 0.870. The highest BCUT2D eigenvalue weighted by molar-refractivity contribution is 5.35. The van der Waals surface area contributed by atoms with Crippen molar-refractivity contribution in [3.8, 4) is 5.88 Å². The topological polar surface area (TPSA) is 59.1 Å². The summed E-state index contributed by atoms with van der Waals surface area (Å²) >= 11 is 0. The van der Waals surface area contributed by atoms with E-state index in [0.29, 0.717) is 17.9 Å². The van der Waals surface area contributed by atoms with Crippen LogP contribution in [0, 0.1) is 0 Å². The Kier molecular flexibility index (Phi) is 3.94. The number of nitrogens with zero attached hydrogens (tertiary/aromatic N) is 2. The van der Waals surface area contributed by atoms with Crippen molar-refractivity contribution in [1.29, 1.82) is 0 Å². The molecule has 0 aliphatic carbocycles. The molecule has 106 valence electrons. The van der Waals surface area contributed by atoms with Crippen molar-refractivity contribution in [2.45, 2.75) is 52.2 Å². The van der Waals surface area contributed by atoms with Crippen LogP contribution in [0.1, 0.15) is 40.3 Å². The normalized spacial score (nSPS) is 16.3. The van der Waals surface area contributed by atoms with Crippen LogP contribution in [-0.2, 0) is 5.41 Å². The zero-order valence-corrected chi connectivity index (χ0v) is 12.4. The zero-order valence-electron chi connectivity index (χ0n) is 12.4. The van der Waals surface area contributed by atoms with Gasteiger partial charge in [-0.2, -0.15) is 4.98 Å². The summed E-state index contributed by atoms with van der Waals surface area (Å²) in [5.74, 6) is 1.30. The van der Waals surface area contributed by atoms with Crippen LogP contribution in [-0.4, -0.2) is 35.2 Å². The van der Waals surface area contributed by atoms with Crippen molar-refractivity contribution in [1.82, 2.24) is 15.3 Å². The van der Waals surface area contributed by atoms with Crippen LogP contribution in [0.3, 0.4) is 0 Å². The van der Waals surface area contributed by atoms with Crippen molar-refractivity contribution >= 4 is 5.95 Å². The van der Waals surface area contributed by atoms with Crippen molar-refractivity contribution in [2.24, 2.45) is 0 Å². The molecule has 5 heteroatoms. The van der Waals surface area contributed by atoms with E-state index in [0.717, 1.165) is 18.8 Å². The molecule has 0 amide bonds. The van der Waals surface area contributed by atoms with E-state index in [9.17, 15) is 0 Å². The highest BCUT2D eigenvalue weighted by Crippen LogP contribution is 2.25. The summed E-state index contributed by atoms with van der Waals surface area (Å²) in [5, 5.41) is 6.56. The molecule has 5 nitrogen and oxygen atoms in total. The highest BCUT2D eigenvalue weighted by atomic mass is 16.5. The Labute approximate surface area is 115 Å². The Hall–Kier alpha value is -1.36. The SMILES string of the molecule is CC(C)Oc1cc(C(C)(C)C)nc(NC2CNC2)n1. The van der Waals surface area contributed by atoms with E-state index in [1.165, 1.54) is 0 Å². The largest absolute Gasteiger partial charge is 0.475 e. The Morgan fingerprint density at radius 2 is 2.00 bits per heavy atom. The second kappa shape index (κ2) is 5.33. The Morgan fingerprint density at radius 1 is 1.32 bits per heavy atom.